The zero-order valence-electron chi connectivity index (χ0n) is 12.1. The number of sulfonamides is 1. The smallest absolute Gasteiger partial charge is 0.246 e. The number of anilines is 1. The summed E-state index contributed by atoms with van der Waals surface area (Å²) in [5.74, 6) is -0.482. The zero-order valence-corrected chi connectivity index (χ0v) is 12.9. The molecule has 1 aromatic heterocycles. The van der Waals surface area contributed by atoms with Gasteiger partial charge in [-0.3, -0.25) is 4.79 Å². The minimum Gasteiger partial charge on any atom is -0.385 e. The van der Waals surface area contributed by atoms with Crippen LogP contribution in [0.3, 0.4) is 0 Å². The van der Waals surface area contributed by atoms with Gasteiger partial charge < -0.3 is 15.8 Å². The van der Waals surface area contributed by atoms with Gasteiger partial charge in [0.05, 0.1) is 6.54 Å². The van der Waals surface area contributed by atoms with Crippen LogP contribution < -0.4 is 11.1 Å². The Bertz CT molecular complexity index is 576. The first kappa shape index (κ1) is 17.3. The first-order valence-corrected chi connectivity index (χ1v) is 7.76. The molecule has 0 bridgehead atoms. The molecule has 0 aromatic carbocycles. The molecule has 0 unspecified atom stereocenters. The van der Waals surface area contributed by atoms with Crippen LogP contribution >= 0.6 is 0 Å². The lowest BCUT2D eigenvalue weighted by Crippen LogP contribution is -2.39. The minimum atomic E-state index is -3.84. The summed E-state index contributed by atoms with van der Waals surface area (Å²) in [4.78, 5) is 15.3. The largest absolute Gasteiger partial charge is 0.385 e. The lowest BCUT2D eigenvalue weighted by atomic mass is 10.4. The maximum Gasteiger partial charge on any atom is 0.246 e. The molecule has 0 radical (unpaired) electrons. The van der Waals surface area contributed by atoms with Crippen LogP contribution in [0, 0.1) is 0 Å². The number of pyridine rings is 1. The molecule has 1 aromatic rings. The number of rotatable bonds is 8. The molecular formula is C12H20N4O4S. The van der Waals surface area contributed by atoms with E-state index in [1.807, 2.05) is 0 Å². The number of nitrogens with zero attached hydrogens (tertiary/aromatic N) is 2. The number of aromatic nitrogens is 1. The first-order valence-electron chi connectivity index (χ1n) is 6.32. The molecule has 118 valence electrons. The highest BCUT2D eigenvalue weighted by Gasteiger charge is 2.25. The number of likely N-dealkylation sites (N-methyl/N-ethyl adjacent to an activating group) is 1. The Hall–Kier alpha value is -1.71. The molecule has 0 saturated carbocycles. The average Bonchev–Trinajstić information content (AvgIpc) is 2.43. The van der Waals surface area contributed by atoms with Gasteiger partial charge in [0.2, 0.25) is 15.9 Å². The van der Waals surface area contributed by atoms with Crippen LogP contribution in [0.4, 0.5) is 5.82 Å². The van der Waals surface area contributed by atoms with Gasteiger partial charge >= 0.3 is 0 Å². The Kier molecular flexibility index (Phi) is 6.53. The van der Waals surface area contributed by atoms with E-state index in [2.05, 4.69) is 10.3 Å². The fourth-order valence-electron chi connectivity index (χ4n) is 1.58. The quantitative estimate of drug-likeness (QED) is 0.621. The van der Waals surface area contributed by atoms with E-state index in [4.69, 9.17) is 10.5 Å². The van der Waals surface area contributed by atoms with Crippen molar-refractivity contribution in [3.05, 3.63) is 18.3 Å². The molecule has 0 saturated heterocycles. The predicted octanol–water partition coefficient (Wildman–Crippen LogP) is -0.563. The molecule has 3 N–H and O–H groups in total. The third kappa shape index (κ3) is 4.96. The summed E-state index contributed by atoms with van der Waals surface area (Å²) in [5.41, 5.74) is 5.56. The van der Waals surface area contributed by atoms with Crippen LogP contribution in [0.2, 0.25) is 0 Å². The number of methoxy groups -OCH3 is 1. The number of carbonyl (C=O) groups excluding carboxylic acids is 1. The van der Waals surface area contributed by atoms with Crippen LogP contribution in [-0.2, 0) is 19.6 Å². The van der Waals surface area contributed by atoms with Crippen molar-refractivity contribution in [1.82, 2.24) is 14.6 Å². The SMILES string of the molecule is COCCCNC(=O)CN(C)S(=O)(=O)c1cccnc1N. The topological polar surface area (TPSA) is 115 Å². The van der Waals surface area contributed by atoms with Gasteiger partial charge in [-0.05, 0) is 18.6 Å². The van der Waals surface area contributed by atoms with Gasteiger partial charge in [-0.1, -0.05) is 0 Å². The van der Waals surface area contributed by atoms with Gasteiger partial charge in [0.15, 0.2) is 0 Å². The van der Waals surface area contributed by atoms with Crippen molar-refractivity contribution in [1.29, 1.82) is 0 Å². The van der Waals surface area contributed by atoms with Crippen molar-refractivity contribution in [2.45, 2.75) is 11.3 Å². The Morgan fingerprint density at radius 1 is 1.52 bits per heavy atom. The number of nitrogen functional groups attached to an aromatic ring is 1. The second kappa shape index (κ2) is 7.91. The molecule has 9 heteroatoms. The third-order valence-electron chi connectivity index (χ3n) is 2.70. The molecule has 0 fully saturated rings. The van der Waals surface area contributed by atoms with Crippen molar-refractivity contribution in [3.63, 3.8) is 0 Å². The molecule has 1 heterocycles. The van der Waals surface area contributed by atoms with Crippen LogP contribution in [0.1, 0.15) is 6.42 Å². The third-order valence-corrected chi connectivity index (χ3v) is 4.55. The second-order valence-corrected chi connectivity index (χ2v) is 6.36. The fourth-order valence-corrected chi connectivity index (χ4v) is 2.77. The summed E-state index contributed by atoms with van der Waals surface area (Å²) >= 11 is 0. The molecule has 21 heavy (non-hydrogen) atoms. The van der Waals surface area contributed by atoms with E-state index in [0.717, 1.165) is 4.31 Å². The molecule has 0 spiro atoms. The van der Waals surface area contributed by atoms with Gasteiger partial charge in [-0.25, -0.2) is 13.4 Å². The Balaban J connectivity index is 2.64. The predicted molar refractivity (Wildman–Crippen MR) is 78.0 cm³/mol. The number of amides is 1. The molecule has 0 atom stereocenters. The monoisotopic (exact) mass is 316 g/mol. The Morgan fingerprint density at radius 2 is 2.24 bits per heavy atom. The first-order chi connectivity index (χ1) is 9.89. The minimum absolute atomic E-state index is 0.0927. The fraction of sp³-hybridized carbons (Fsp3) is 0.500. The van der Waals surface area contributed by atoms with Gasteiger partial charge in [-0.2, -0.15) is 4.31 Å². The van der Waals surface area contributed by atoms with Gasteiger partial charge in [0.1, 0.15) is 10.7 Å². The summed E-state index contributed by atoms with van der Waals surface area (Å²) in [7, 11) is -0.954. The highest BCUT2D eigenvalue weighted by Crippen LogP contribution is 2.18. The van der Waals surface area contributed by atoms with Crippen molar-refractivity contribution < 1.29 is 17.9 Å². The number of nitrogens with one attached hydrogen (secondary N) is 1. The Labute approximate surface area is 124 Å². The molecule has 0 aliphatic carbocycles. The van der Waals surface area contributed by atoms with E-state index in [9.17, 15) is 13.2 Å². The molecule has 8 nitrogen and oxygen atoms in total. The maximum absolute atomic E-state index is 12.3. The number of carbonyl (C=O) groups is 1. The van der Waals surface area contributed by atoms with E-state index in [1.165, 1.54) is 25.4 Å². The van der Waals surface area contributed by atoms with Crippen LogP contribution in [0.5, 0.6) is 0 Å². The van der Waals surface area contributed by atoms with Crippen molar-refractivity contribution in [2.75, 3.05) is 39.6 Å². The van der Waals surface area contributed by atoms with Gasteiger partial charge in [-0.15, -0.1) is 0 Å². The van der Waals surface area contributed by atoms with Crippen LogP contribution in [0.25, 0.3) is 0 Å². The number of ether oxygens (including phenoxy) is 1. The highest BCUT2D eigenvalue weighted by atomic mass is 32.2. The van der Waals surface area contributed by atoms with Crippen LogP contribution in [0.15, 0.2) is 23.2 Å². The summed E-state index contributed by atoms with van der Waals surface area (Å²) in [5, 5.41) is 2.61. The standard InChI is InChI=1S/C12H20N4O4S/c1-16(9-11(17)14-7-4-8-20-2)21(18,19)10-5-3-6-15-12(10)13/h3,5-6H,4,7-9H2,1-2H3,(H2,13,15)(H,14,17). The maximum atomic E-state index is 12.3. The summed E-state index contributed by atoms with van der Waals surface area (Å²) < 4.78 is 30.3. The van der Waals surface area contributed by atoms with Crippen molar-refractivity contribution in [3.8, 4) is 0 Å². The van der Waals surface area contributed by atoms with Gasteiger partial charge in [0, 0.05) is 33.5 Å². The van der Waals surface area contributed by atoms with E-state index in [1.54, 1.807) is 7.11 Å². The lowest BCUT2D eigenvalue weighted by molar-refractivity contribution is -0.121. The average molecular weight is 316 g/mol. The normalized spacial score (nSPS) is 11.6. The molecule has 0 aliphatic rings. The molecule has 1 amide bonds. The van der Waals surface area contributed by atoms with Crippen molar-refractivity contribution in [2.24, 2.45) is 0 Å². The summed E-state index contributed by atoms with van der Waals surface area (Å²) in [6.07, 6.45) is 2.06. The molecule has 0 aliphatic heterocycles. The highest BCUT2D eigenvalue weighted by molar-refractivity contribution is 7.89. The molecular weight excluding hydrogens is 296 g/mol. The van der Waals surface area contributed by atoms with Crippen LogP contribution in [-0.4, -0.2) is 57.5 Å². The summed E-state index contributed by atoms with van der Waals surface area (Å²) in [6, 6.07) is 2.83. The number of hydrogen-bond acceptors (Lipinski definition) is 6. The second-order valence-electron chi connectivity index (χ2n) is 4.34. The number of nitrogens with two attached hydrogens (primary N) is 1. The molecule has 1 rings (SSSR count). The van der Waals surface area contributed by atoms with E-state index < -0.39 is 10.0 Å². The zero-order chi connectivity index (χ0) is 15.9. The lowest BCUT2D eigenvalue weighted by Gasteiger charge is -2.17. The number of hydrogen-bond donors (Lipinski definition) is 2. The van der Waals surface area contributed by atoms with E-state index in [0.29, 0.717) is 19.6 Å². The Morgan fingerprint density at radius 3 is 2.86 bits per heavy atom. The van der Waals surface area contributed by atoms with E-state index >= 15 is 0 Å². The summed E-state index contributed by atoms with van der Waals surface area (Å²) in [6.45, 7) is 0.667. The van der Waals surface area contributed by atoms with Crippen molar-refractivity contribution >= 4 is 21.7 Å². The van der Waals surface area contributed by atoms with Gasteiger partial charge in [0.25, 0.3) is 0 Å². The van der Waals surface area contributed by atoms with E-state index in [-0.39, 0.29) is 23.2 Å².